The van der Waals surface area contributed by atoms with E-state index >= 15 is 0 Å². The predicted molar refractivity (Wildman–Crippen MR) is 241 cm³/mol. The summed E-state index contributed by atoms with van der Waals surface area (Å²) in [5.74, 6) is -1.73. The molecule has 0 atom stereocenters. The van der Waals surface area contributed by atoms with Crippen molar-refractivity contribution in [2.45, 2.75) is 19.6 Å². The average molecular weight is 1350 g/mol. The maximum absolute atomic E-state index is 12.1. The van der Waals surface area contributed by atoms with E-state index in [1.54, 1.807) is 0 Å². The second-order valence-electron chi connectivity index (χ2n) is 13.8. The first-order valence-electron chi connectivity index (χ1n) is 19.1. The van der Waals surface area contributed by atoms with Crippen molar-refractivity contribution in [1.29, 1.82) is 0 Å². The van der Waals surface area contributed by atoms with E-state index < -0.39 is 67.5 Å². The maximum atomic E-state index is 12.1. The molecule has 78 heavy (non-hydrogen) atoms. The van der Waals surface area contributed by atoms with Crippen LogP contribution >= 0.6 is 24.1 Å². The molecule has 382 valence electrons. The van der Waals surface area contributed by atoms with Gasteiger partial charge in [0.25, 0.3) is 0 Å². The Bertz CT molecular complexity index is 3640. The molecule has 7 aromatic rings. The number of fused-ring (bicyclic) bond motifs is 2. The molecule has 0 saturated carbocycles. The molecule has 3 aromatic heterocycles. The van der Waals surface area contributed by atoms with Crippen molar-refractivity contribution in [3.8, 4) is 0 Å². The summed E-state index contributed by atoms with van der Waals surface area (Å²) in [6.07, 6.45) is 2.41. The van der Waals surface area contributed by atoms with E-state index in [0.717, 1.165) is 18.2 Å². The Hall–Kier alpha value is 3.22. The molecular weight excluding hydrogens is 1320 g/mol. The van der Waals surface area contributed by atoms with Crippen molar-refractivity contribution in [3.63, 3.8) is 0 Å². The Balaban J connectivity index is 0.00000507. The molecule has 0 radical (unpaired) electrons. The molecule has 0 aliphatic heterocycles. The van der Waals surface area contributed by atoms with Crippen LogP contribution in [0.2, 0.25) is 0 Å². The topological polar surface area (TPSA) is 487 Å². The summed E-state index contributed by atoms with van der Waals surface area (Å²) < 4.78 is 150. The number of nitrogens with one attached hydrogen (secondary N) is 6. The SMILES string of the molecule is O=S(=O)([O-])CCNc1nc(Nc2ccc3c(S(=O)(=O)[O-])cc(S(=O)(=O)[O-])cc3c2)nc(Nc2cnc(Nc3nc(NCCSOO[O-])nc(Nc4ccc5c(S(=O)(=O)[O-])cc(SOO[O-])cc5c4)n3)cn2)n1.[K+].[K+].[K+].[K+].[K+].[K+]. The van der Waals surface area contributed by atoms with Gasteiger partial charge in [0, 0.05) is 47.2 Å². The number of hydrogen-bond acceptors (Lipinski definition) is 34. The smallest absolute Gasteiger partial charge is 0.748 e. The van der Waals surface area contributed by atoms with Crippen molar-refractivity contribution in [2.24, 2.45) is 0 Å². The van der Waals surface area contributed by atoms with Crippen molar-refractivity contribution in [1.82, 2.24) is 39.9 Å². The molecular formula is C34H26K6N14O18S6. The van der Waals surface area contributed by atoms with Crippen LogP contribution < -0.4 is 351 Å². The predicted octanol–water partition coefficient (Wildman–Crippen LogP) is -17.7. The molecule has 0 spiro atoms. The average Bonchev–Trinajstić information content (AvgIpc) is 3.29. The van der Waals surface area contributed by atoms with Crippen LogP contribution in [0, 0.1) is 0 Å². The molecule has 0 aliphatic carbocycles. The fourth-order valence-electron chi connectivity index (χ4n) is 6.06. The summed E-state index contributed by atoms with van der Waals surface area (Å²) in [7, 11) is -20.2. The number of anilines is 10. The number of nitrogens with zero attached hydrogens (tertiary/aromatic N) is 8. The summed E-state index contributed by atoms with van der Waals surface area (Å²) >= 11 is 1.04. The summed E-state index contributed by atoms with van der Waals surface area (Å²) in [4.78, 5) is 31.5. The fraction of sp³-hybridized carbons (Fsp3) is 0.118. The second kappa shape index (κ2) is 36.6. The number of hydrogen-bond donors (Lipinski definition) is 6. The second-order valence-corrected chi connectivity index (χ2v) is 20.9. The van der Waals surface area contributed by atoms with Gasteiger partial charge in [-0.1, -0.05) is 12.1 Å². The Kier molecular flexibility index (Phi) is 37.2. The van der Waals surface area contributed by atoms with Gasteiger partial charge in [-0.15, -0.1) is 0 Å². The molecule has 0 bridgehead atoms. The first-order valence-corrected chi connectivity index (χ1v) is 26.6. The third-order valence-corrected chi connectivity index (χ3v) is 13.2. The molecule has 0 aliphatic rings. The van der Waals surface area contributed by atoms with E-state index in [9.17, 15) is 62.4 Å². The number of rotatable bonds is 24. The largest absolute Gasteiger partial charge is 1.00 e. The molecule has 32 nitrogen and oxygen atoms in total. The summed E-state index contributed by atoms with van der Waals surface area (Å²) in [6.45, 7) is -0.320. The molecule has 0 saturated heterocycles. The Morgan fingerprint density at radius 2 is 0.923 bits per heavy atom. The standard InChI is InChI=1S/C34H32N14O18S6.6K/c49-63-65-67-7-5-35-29-43-31(39-19-1-3-23-17(9-19)11-21(68-66-64-50)13-25(23)71(57,58)59)47-33(45-29)41-27-15-38-28(16-37-27)42-34-46-30(36-6-8-69(51,52)53)44-32(48-34)40-20-2-4-24-18(10-20)12-22(70(54,55)56)14-26(24)72(60,61)62;;;;;;/h1-4,9-16,49-50H,5-8H2,(H,51,52,53)(H,54,55,56)(H,57,58,59)(H,60,61,62)(H3,35,37,39,41,43,45,47)(H3,36,38,40,42,44,46,48);;;;;;/q;6*+1/p-6. The third kappa shape index (κ3) is 25.0. The molecule has 0 amide bonds. The van der Waals surface area contributed by atoms with Crippen LogP contribution in [0.1, 0.15) is 0 Å². The minimum absolute atomic E-state index is 0. The quantitative estimate of drug-likeness (QED) is 0.00817. The Morgan fingerprint density at radius 1 is 0.487 bits per heavy atom. The van der Waals surface area contributed by atoms with E-state index in [4.69, 9.17) is 0 Å². The van der Waals surface area contributed by atoms with Gasteiger partial charge in [-0.2, -0.15) is 38.6 Å². The third-order valence-electron chi connectivity index (χ3n) is 8.86. The van der Waals surface area contributed by atoms with Gasteiger partial charge in [-0.25, -0.2) is 43.6 Å². The normalized spacial score (nSPS) is 11.3. The van der Waals surface area contributed by atoms with Crippen LogP contribution in [0.25, 0.3) is 21.5 Å². The fourth-order valence-corrected chi connectivity index (χ4v) is 9.28. The van der Waals surface area contributed by atoms with E-state index in [2.05, 4.69) is 90.5 Å². The van der Waals surface area contributed by atoms with Gasteiger partial charge in [0.05, 0.1) is 55.0 Å². The summed E-state index contributed by atoms with van der Waals surface area (Å²) in [5, 5.41) is 43.9. The number of benzene rings is 4. The Morgan fingerprint density at radius 3 is 1.36 bits per heavy atom. The van der Waals surface area contributed by atoms with Crippen LogP contribution in [0.15, 0.2) is 92.6 Å². The molecule has 0 unspecified atom stereocenters. The van der Waals surface area contributed by atoms with Crippen LogP contribution in [-0.2, 0) is 59.2 Å². The van der Waals surface area contributed by atoms with Gasteiger partial charge in [-0.3, -0.25) is 10.1 Å². The maximum Gasteiger partial charge on any atom is 1.00 e. The zero-order valence-electron chi connectivity index (χ0n) is 41.1. The van der Waals surface area contributed by atoms with Gasteiger partial charge < -0.3 is 60.6 Å². The van der Waals surface area contributed by atoms with Crippen LogP contribution in [0.5, 0.6) is 0 Å². The van der Waals surface area contributed by atoms with Crippen LogP contribution in [0.4, 0.5) is 58.7 Å². The van der Waals surface area contributed by atoms with Gasteiger partial charge >= 0.3 is 308 Å². The van der Waals surface area contributed by atoms with Crippen LogP contribution in [-0.4, -0.2) is 116 Å². The zero-order chi connectivity index (χ0) is 51.8. The Labute approximate surface area is 706 Å². The zero-order valence-corrected chi connectivity index (χ0v) is 64.8. The van der Waals surface area contributed by atoms with Gasteiger partial charge in [0.15, 0.2) is 11.6 Å². The molecule has 3 heterocycles. The van der Waals surface area contributed by atoms with Gasteiger partial charge in [-0.05, 0) is 70.1 Å². The molecule has 0 fully saturated rings. The summed E-state index contributed by atoms with van der Waals surface area (Å²) in [5.41, 5.74) is 0.336. The van der Waals surface area contributed by atoms with E-state index in [-0.39, 0.29) is 406 Å². The van der Waals surface area contributed by atoms with Crippen molar-refractivity contribution in [2.75, 3.05) is 56.5 Å². The summed E-state index contributed by atoms with van der Waals surface area (Å²) in [6, 6.07) is 11.5. The van der Waals surface area contributed by atoms with Gasteiger partial charge in [0.2, 0.25) is 35.7 Å². The molecule has 7 rings (SSSR count). The van der Waals surface area contributed by atoms with E-state index in [1.807, 2.05) is 0 Å². The van der Waals surface area contributed by atoms with E-state index in [1.165, 1.54) is 48.8 Å². The van der Waals surface area contributed by atoms with Crippen LogP contribution in [0.3, 0.4) is 0 Å². The number of aromatic nitrogens is 8. The minimum atomic E-state index is -5.26. The van der Waals surface area contributed by atoms with Crippen molar-refractivity contribution >= 4 is 145 Å². The monoisotopic (exact) mass is 1340 g/mol. The first-order chi connectivity index (χ1) is 34.0. The minimum Gasteiger partial charge on any atom is -0.748 e. The molecule has 6 N–H and O–H groups in total. The van der Waals surface area contributed by atoms with Gasteiger partial charge in [0.1, 0.15) is 30.4 Å². The van der Waals surface area contributed by atoms with E-state index in [0.29, 0.717) is 30.2 Å². The molecule has 4 aromatic carbocycles. The first kappa shape index (κ1) is 79.2. The molecule has 44 heteroatoms. The van der Waals surface area contributed by atoms with Crippen molar-refractivity contribution < 1.29 is 389 Å². The van der Waals surface area contributed by atoms with Crippen molar-refractivity contribution in [3.05, 3.63) is 73.1 Å².